The standard InChI is InChI=1S/C12H18N2O3/c1-3-17-11(12(15)16)9-14(2)8-10-4-6-13-7-5-10/h4-7,11H,3,8-9H2,1-2H3,(H,15,16). The molecule has 94 valence electrons. The summed E-state index contributed by atoms with van der Waals surface area (Å²) in [7, 11) is 1.87. The molecule has 0 aliphatic carbocycles. The van der Waals surface area contributed by atoms with Gasteiger partial charge in [0.25, 0.3) is 0 Å². The maximum atomic E-state index is 10.9. The molecular weight excluding hydrogens is 220 g/mol. The van der Waals surface area contributed by atoms with Gasteiger partial charge in [-0.2, -0.15) is 0 Å². The summed E-state index contributed by atoms with van der Waals surface area (Å²) in [6.07, 6.45) is 2.67. The zero-order valence-electron chi connectivity index (χ0n) is 10.2. The van der Waals surface area contributed by atoms with E-state index in [1.807, 2.05) is 24.1 Å². The molecule has 1 N–H and O–H groups in total. The highest BCUT2D eigenvalue weighted by Crippen LogP contribution is 2.03. The van der Waals surface area contributed by atoms with Crippen LogP contribution in [0.3, 0.4) is 0 Å². The molecule has 5 nitrogen and oxygen atoms in total. The van der Waals surface area contributed by atoms with E-state index in [1.54, 1.807) is 19.3 Å². The van der Waals surface area contributed by atoms with Crippen LogP contribution in [-0.4, -0.2) is 47.3 Å². The van der Waals surface area contributed by atoms with Gasteiger partial charge in [-0.25, -0.2) is 4.79 Å². The Morgan fingerprint density at radius 1 is 1.53 bits per heavy atom. The van der Waals surface area contributed by atoms with Gasteiger partial charge in [0.2, 0.25) is 0 Å². The minimum absolute atomic E-state index is 0.367. The first kappa shape index (κ1) is 13.6. The molecule has 0 fully saturated rings. The number of likely N-dealkylation sites (N-methyl/N-ethyl adjacent to an activating group) is 1. The van der Waals surface area contributed by atoms with Gasteiger partial charge in [0, 0.05) is 32.1 Å². The van der Waals surface area contributed by atoms with Gasteiger partial charge < -0.3 is 9.84 Å². The highest BCUT2D eigenvalue weighted by atomic mass is 16.5. The number of carboxylic acids is 1. The van der Waals surface area contributed by atoms with Crippen molar-refractivity contribution in [2.24, 2.45) is 0 Å². The molecule has 0 bridgehead atoms. The molecule has 1 atom stereocenters. The van der Waals surface area contributed by atoms with E-state index in [0.29, 0.717) is 19.7 Å². The Labute approximate surface area is 101 Å². The molecule has 0 aliphatic heterocycles. The number of hydrogen-bond acceptors (Lipinski definition) is 4. The second-order valence-corrected chi connectivity index (χ2v) is 3.83. The Morgan fingerprint density at radius 2 is 2.18 bits per heavy atom. The van der Waals surface area contributed by atoms with Crippen molar-refractivity contribution < 1.29 is 14.6 Å². The van der Waals surface area contributed by atoms with Crippen molar-refractivity contribution in [3.63, 3.8) is 0 Å². The van der Waals surface area contributed by atoms with Crippen LogP contribution < -0.4 is 0 Å². The third-order valence-corrected chi connectivity index (χ3v) is 2.32. The fourth-order valence-corrected chi connectivity index (χ4v) is 1.55. The monoisotopic (exact) mass is 238 g/mol. The predicted molar refractivity (Wildman–Crippen MR) is 63.6 cm³/mol. The van der Waals surface area contributed by atoms with E-state index in [0.717, 1.165) is 5.56 Å². The SMILES string of the molecule is CCOC(CN(C)Cc1ccncc1)C(=O)O. The van der Waals surface area contributed by atoms with Crippen LogP contribution in [0.4, 0.5) is 0 Å². The number of nitrogens with zero attached hydrogens (tertiary/aromatic N) is 2. The lowest BCUT2D eigenvalue weighted by Crippen LogP contribution is -2.36. The van der Waals surface area contributed by atoms with Crippen molar-refractivity contribution >= 4 is 5.97 Å². The fourth-order valence-electron chi connectivity index (χ4n) is 1.55. The summed E-state index contributed by atoms with van der Waals surface area (Å²) in [5.74, 6) is -0.923. The smallest absolute Gasteiger partial charge is 0.334 e. The molecule has 1 heterocycles. The molecule has 0 amide bonds. The summed E-state index contributed by atoms with van der Waals surface area (Å²) < 4.78 is 5.16. The number of hydrogen-bond donors (Lipinski definition) is 1. The third-order valence-electron chi connectivity index (χ3n) is 2.32. The summed E-state index contributed by atoms with van der Waals surface area (Å²) >= 11 is 0. The Hall–Kier alpha value is -1.46. The summed E-state index contributed by atoms with van der Waals surface area (Å²) in [5, 5.41) is 8.96. The van der Waals surface area contributed by atoms with E-state index in [4.69, 9.17) is 9.84 Å². The van der Waals surface area contributed by atoms with E-state index in [9.17, 15) is 4.79 Å². The van der Waals surface area contributed by atoms with Crippen LogP contribution >= 0.6 is 0 Å². The van der Waals surface area contributed by atoms with Crippen molar-refractivity contribution in [3.05, 3.63) is 30.1 Å². The summed E-state index contributed by atoms with van der Waals surface area (Å²) in [6.45, 7) is 3.24. The van der Waals surface area contributed by atoms with Crippen LogP contribution in [0.1, 0.15) is 12.5 Å². The first-order chi connectivity index (χ1) is 8.13. The third kappa shape index (κ3) is 4.93. The minimum atomic E-state index is -0.923. The number of carboxylic acid groups (broad SMARTS) is 1. The van der Waals surface area contributed by atoms with Gasteiger partial charge in [0.1, 0.15) is 0 Å². The Bertz CT molecular complexity index is 343. The molecule has 0 aliphatic rings. The van der Waals surface area contributed by atoms with Gasteiger partial charge in [-0.3, -0.25) is 9.88 Å². The topological polar surface area (TPSA) is 62.7 Å². The molecule has 0 spiro atoms. The van der Waals surface area contributed by atoms with Gasteiger partial charge in [0.15, 0.2) is 6.10 Å². The number of carbonyl (C=O) groups is 1. The average Bonchev–Trinajstić information content (AvgIpc) is 2.29. The van der Waals surface area contributed by atoms with Gasteiger partial charge in [0.05, 0.1) is 0 Å². The predicted octanol–water partition coefficient (Wildman–Crippen LogP) is 1.00. The molecule has 0 radical (unpaired) electrons. The number of ether oxygens (including phenoxy) is 1. The minimum Gasteiger partial charge on any atom is -0.479 e. The number of rotatable bonds is 7. The Balaban J connectivity index is 2.47. The van der Waals surface area contributed by atoms with E-state index in [2.05, 4.69) is 4.98 Å². The zero-order valence-corrected chi connectivity index (χ0v) is 10.2. The maximum absolute atomic E-state index is 10.9. The van der Waals surface area contributed by atoms with Gasteiger partial charge >= 0.3 is 5.97 Å². The van der Waals surface area contributed by atoms with E-state index >= 15 is 0 Å². The lowest BCUT2D eigenvalue weighted by molar-refractivity contribution is -0.151. The molecule has 0 aromatic carbocycles. The number of aromatic nitrogens is 1. The van der Waals surface area contributed by atoms with Gasteiger partial charge in [-0.15, -0.1) is 0 Å². The fraction of sp³-hybridized carbons (Fsp3) is 0.500. The Kier molecular flexibility index (Phi) is 5.59. The molecule has 0 saturated carbocycles. The normalized spacial score (nSPS) is 12.6. The van der Waals surface area contributed by atoms with Gasteiger partial charge in [-0.05, 0) is 31.7 Å². The summed E-state index contributed by atoms with van der Waals surface area (Å²) in [4.78, 5) is 16.8. The first-order valence-corrected chi connectivity index (χ1v) is 5.55. The lowest BCUT2D eigenvalue weighted by Gasteiger charge is -2.21. The maximum Gasteiger partial charge on any atom is 0.334 e. The van der Waals surface area contributed by atoms with Crippen LogP contribution in [0.25, 0.3) is 0 Å². The molecule has 17 heavy (non-hydrogen) atoms. The van der Waals surface area contributed by atoms with Crippen LogP contribution in [0.15, 0.2) is 24.5 Å². The van der Waals surface area contributed by atoms with Crippen molar-refractivity contribution in [1.29, 1.82) is 0 Å². The summed E-state index contributed by atoms with van der Waals surface area (Å²) in [6, 6.07) is 3.82. The van der Waals surface area contributed by atoms with E-state index < -0.39 is 12.1 Å². The molecule has 5 heteroatoms. The highest BCUT2D eigenvalue weighted by molar-refractivity contribution is 5.72. The van der Waals surface area contributed by atoms with Crippen molar-refractivity contribution in [1.82, 2.24) is 9.88 Å². The molecule has 1 rings (SSSR count). The van der Waals surface area contributed by atoms with Crippen LogP contribution in [0, 0.1) is 0 Å². The average molecular weight is 238 g/mol. The first-order valence-electron chi connectivity index (χ1n) is 5.55. The van der Waals surface area contributed by atoms with E-state index in [1.165, 1.54) is 0 Å². The molecule has 1 aromatic heterocycles. The van der Waals surface area contributed by atoms with E-state index in [-0.39, 0.29) is 0 Å². The molecule has 1 aromatic rings. The van der Waals surface area contributed by atoms with Crippen molar-refractivity contribution in [2.45, 2.75) is 19.6 Å². The summed E-state index contributed by atoms with van der Waals surface area (Å²) in [5.41, 5.74) is 1.10. The lowest BCUT2D eigenvalue weighted by atomic mass is 10.2. The van der Waals surface area contributed by atoms with Crippen molar-refractivity contribution in [2.75, 3.05) is 20.2 Å². The molecule has 0 saturated heterocycles. The molecular formula is C12H18N2O3. The second kappa shape index (κ2) is 6.98. The van der Waals surface area contributed by atoms with Crippen LogP contribution in [0.5, 0.6) is 0 Å². The van der Waals surface area contributed by atoms with Crippen LogP contribution in [0.2, 0.25) is 0 Å². The second-order valence-electron chi connectivity index (χ2n) is 3.83. The quantitative estimate of drug-likeness (QED) is 0.768. The zero-order chi connectivity index (χ0) is 12.7. The number of aliphatic carboxylic acids is 1. The van der Waals surface area contributed by atoms with Crippen LogP contribution in [-0.2, 0) is 16.1 Å². The van der Waals surface area contributed by atoms with Crippen molar-refractivity contribution in [3.8, 4) is 0 Å². The Morgan fingerprint density at radius 3 is 2.71 bits per heavy atom. The highest BCUT2D eigenvalue weighted by Gasteiger charge is 2.19. The largest absolute Gasteiger partial charge is 0.479 e. The number of pyridine rings is 1. The van der Waals surface area contributed by atoms with Gasteiger partial charge in [-0.1, -0.05) is 0 Å². The molecule has 1 unspecified atom stereocenters.